The van der Waals surface area contributed by atoms with Crippen LogP contribution in [0, 0.1) is 0 Å². The van der Waals surface area contributed by atoms with Gasteiger partial charge in [0.25, 0.3) is 5.56 Å². The number of ether oxygens (including phenoxy) is 1. The zero-order chi connectivity index (χ0) is 20.4. The molecule has 0 fully saturated rings. The highest BCUT2D eigenvalue weighted by molar-refractivity contribution is 7.98. The SMILES string of the molecule is CCn1c(COc2ccc(Cl)cc2Cl)nnc1SCc1cc(=O)n2ccsc2n1. The summed E-state index contributed by atoms with van der Waals surface area (Å²) in [5, 5.41) is 12.1. The van der Waals surface area contributed by atoms with Crippen LogP contribution in [-0.2, 0) is 18.9 Å². The van der Waals surface area contributed by atoms with Crippen molar-refractivity contribution in [1.82, 2.24) is 24.1 Å². The minimum Gasteiger partial charge on any atom is -0.484 e. The Morgan fingerprint density at radius 2 is 2.10 bits per heavy atom. The summed E-state index contributed by atoms with van der Waals surface area (Å²) in [5.74, 6) is 1.73. The average Bonchev–Trinajstić information content (AvgIpc) is 3.32. The van der Waals surface area contributed by atoms with Crippen LogP contribution in [0.4, 0.5) is 0 Å². The van der Waals surface area contributed by atoms with Crippen molar-refractivity contribution in [1.29, 1.82) is 0 Å². The molecule has 0 unspecified atom stereocenters. The highest BCUT2D eigenvalue weighted by atomic mass is 35.5. The molecule has 4 aromatic rings. The lowest BCUT2D eigenvalue weighted by Gasteiger charge is -2.10. The average molecular weight is 468 g/mol. The highest BCUT2D eigenvalue weighted by Gasteiger charge is 2.14. The van der Waals surface area contributed by atoms with Crippen molar-refractivity contribution in [2.75, 3.05) is 0 Å². The van der Waals surface area contributed by atoms with Gasteiger partial charge >= 0.3 is 0 Å². The quantitative estimate of drug-likeness (QED) is 0.371. The molecule has 0 spiro atoms. The summed E-state index contributed by atoms with van der Waals surface area (Å²) >= 11 is 15.0. The number of hydrogen-bond donors (Lipinski definition) is 0. The summed E-state index contributed by atoms with van der Waals surface area (Å²) in [6.45, 7) is 2.92. The second-order valence-corrected chi connectivity index (χ2v) is 8.60. The van der Waals surface area contributed by atoms with Crippen LogP contribution in [-0.4, -0.2) is 24.1 Å². The van der Waals surface area contributed by atoms with E-state index in [9.17, 15) is 4.79 Å². The second kappa shape index (κ2) is 8.74. The molecule has 0 bridgehead atoms. The van der Waals surface area contributed by atoms with Crippen LogP contribution in [0.1, 0.15) is 18.4 Å². The van der Waals surface area contributed by atoms with Crippen LogP contribution in [0.15, 0.2) is 45.8 Å². The Bertz CT molecular complexity index is 1220. The number of halogens is 2. The molecule has 150 valence electrons. The highest BCUT2D eigenvalue weighted by Crippen LogP contribution is 2.28. The number of aromatic nitrogens is 5. The Morgan fingerprint density at radius 3 is 2.90 bits per heavy atom. The summed E-state index contributed by atoms with van der Waals surface area (Å²) in [4.78, 5) is 17.3. The van der Waals surface area contributed by atoms with E-state index in [1.165, 1.54) is 27.5 Å². The third kappa shape index (κ3) is 4.42. The number of nitrogens with zero attached hydrogens (tertiary/aromatic N) is 5. The van der Waals surface area contributed by atoms with E-state index >= 15 is 0 Å². The number of rotatable bonds is 7. The molecule has 0 N–H and O–H groups in total. The molecule has 3 heterocycles. The topological polar surface area (TPSA) is 74.3 Å². The van der Waals surface area contributed by atoms with Crippen molar-refractivity contribution in [3.05, 3.63) is 67.8 Å². The van der Waals surface area contributed by atoms with Crippen molar-refractivity contribution in [3.63, 3.8) is 0 Å². The molecule has 1 aromatic carbocycles. The lowest BCUT2D eigenvalue weighted by atomic mass is 10.3. The Balaban J connectivity index is 1.47. The van der Waals surface area contributed by atoms with Gasteiger partial charge in [-0.3, -0.25) is 9.20 Å². The predicted octanol–water partition coefficient (Wildman–Crippen LogP) is 4.55. The van der Waals surface area contributed by atoms with Crippen molar-refractivity contribution in [2.45, 2.75) is 31.0 Å². The minimum atomic E-state index is -0.0854. The van der Waals surface area contributed by atoms with Gasteiger partial charge in [0, 0.05) is 35.0 Å². The molecule has 0 aliphatic heterocycles. The van der Waals surface area contributed by atoms with Crippen LogP contribution in [0.25, 0.3) is 4.96 Å². The van der Waals surface area contributed by atoms with E-state index in [-0.39, 0.29) is 12.2 Å². The van der Waals surface area contributed by atoms with Crippen LogP contribution in [0.5, 0.6) is 5.75 Å². The smallest absolute Gasteiger partial charge is 0.258 e. The molecule has 0 aliphatic carbocycles. The van der Waals surface area contributed by atoms with Gasteiger partial charge in [-0.2, -0.15) is 0 Å². The number of benzene rings is 1. The van der Waals surface area contributed by atoms with E-state index in [2.05, 4.69) is 15.2 Å². The molecule has 0 saturated heterocycles. The predicted molar refractivity (Wildman–Crippen MR) is 115 cm³/mol. The standard InChI is InChI=1S/C18H15Cl2N5O2S2/c1-2-24-15(9-27-14-4-3-11(19)7-13(14)20)22-23-18(24)29-10-12-8-16(26)25-5-6-28-17(25)21-12/h3-8H,2,9-10H2,1H3. The number of thiazole rings is 1. The lowest BCUT2D eigenvalue weighted by Crippen LogP contribution is -2.12. The summed E-state index contributed by atoms with van der Waals surface area (Å²) in [5.41, 5.74) is 0.622. The molecule has 0 saturated carbocycles. The first-order valence-electron chi connectivity index (χ1n) is 8.63. The van der Waals surface area contributed by atoms with Gasteiger partial charge in [-0.1, -0.05) is 35.0 Å². The van der Waals surface area contributed by atoms with Crippen molar-refractivity contribution >= 4 is 51.3 Å². The van der Waals surface area contributed by atoms with Crippen molar-refractivity contribution in [2.24, 2.45) is 0 Å². The molecular weight excluding hydrogens is 453 g/mol. The molecule has 7 nitrogen and oxygen atoms in total. The molecule has 0 atom stereocenters. The van der Waals surface area contributed by atoms with Gasteiger partial charge in [-0.05, 0) is 25.1 Å². The van der Waals surface area contributed by atoms with Crippen LogP contribution in [0.2, 0.25) is 10.0 Å². The van der Waals surface area contributed by atoms with E-state index in [4.69, 9.17) is 27.9 Å². The second-order valence-electron chi connectivity index (χ2n) is 5.94. The van der Waals surface area contributed by atoms with Gasteiger partial charge in [0.15, 0.2) is 15.9 Å². The monoisotopic (exact) mass is 467 g/mol. The van der Waals surface area contributed by atoms with E-state index in [0.717, 1.165) is 5.16 Å². The molecule has 29 heavy (non-hydrogen) atoms. The van der Waals surface area contributed by atoms with E-state index in [1.54, 1.807) is 30.5 Å². The van der Waals surface area contributed by atoms with Gasteiger partial charge in [0.2, 0.25) is 0 Å². The number of fused-ring (bicyclic) bond motifs is 1. The summed E-state index contributed by atoms with van der Waals surface area (Å²) in [6, 6.07) is 6.61. The first-order valence-corrected chi connectivity index (χ1v) is 11.3. The van der Waals surface area contributed by atoms with E-state index in [1.807, 2.05) is 16.9 Å². The Labute approximate surface area is 184 Å². The van der Waals surface area contributed by atoms with E-state index < -0.39 is 0 Å². The maximum Gasteiger partial charge on any atom is 0.258 e. The molecule has 3 aromatic heterocycles. The fourth-order valence-electron chi connectivity index (χ4n) is 2.69. The van der Waals surface area contributed by atoms with Crippen molar-refractivity contribution < 1.29 is 4.74 Å². The zero-order valence-electron chi connectivity index (χ0n) is 15.2. The van der Waals surface area contributed by atoms with Crippen molar-refractivity contribution in [3.8, 4) is 5.75 Å². The first kappa shape index (κ1) is 20.2. The Kier molecular flexibility index (Phi) is 6.09. The van der Waals surface area contributed by atoms with Gasteiger partial charge in [0.05, 0.1) is 10.7 Å². The molecule has 0 aliphatic rings. The van der Waals surface area contributed by atoms with Gasteiger partial charge < -0.3 is 9.30 Å². The third-order valence-electron chi connectivity index (χ3n) is 4.07. The van der Waals surface area contributed by atoms with Gasteiger partial charge in [-0.15, -0.1) is 21.5 Å². The minimum absolute atomic E-state index is 0.0854. The fraction of sp³-hybridized carbons (Fsp3) is 0.222. The molecular formula is C18H15Cl2N5O2S2. The van der Waals surface area contributed by atoms with E-state index in [0.29, 0.717) is 44.6 Å². The number of thioether (sulfide) groups is 1. The molecule has 4 rings (SSSR count). The molecule has 0 radical (unpaired) electrons. The lowest BCUT2D eigenvalue weighted by molar-refractivity contribution is 0.288. The van der Waals surface area contributed by atoms with Crippen LogP contribution in [0.3, 0.4) is 0 Å². The first-order chi connectivity index (χ1) is 14.0. The number of hydrogen-bond acceptors (Lipinski definition) is 7. The van der Waals surface area contributed by atoms with Crippen LogP contribution >= 0.6 is 46.3 Å². The Morgan fingerprint density at radius 1 is 1.24 bits per heavy atom. The zero-order valence-corrected chi connectivity index (χ0v) is 18.4. The molecule has 11 heteroatoms. The largest absolute Gasteiger partial charge is 0.484 e. The van der Waals surface area contributed by atoms with Gasteiger partial charge in [0.1, 0.15) is 12.4 Å². The summed E-state index contributed by atoms with van der Waals surface area (Å²) < 4.78 is 9.27. The summed E-state index contributed by atoms with van der Waals surface area (Å²) in [7, 11) is 0. The van der Waals surface area contributed by atoms with Crippen LogP contribution < -0.4 is 10.3 Å². The third-order valence-corrected chi connectivity index (χ3v) is 6.35. The maximum absolute atomic E-state index is 12.1. The van der Waals surface area contributed by atoms with Gasteiger partial charge in [-0.25, -0.2) is 4.98 Å². The maximum atomic E-state index is 12.1. The molecule has 0 amide bonds. The Hall–Kier alpha value is -2.07. The fourth-order valence-corrected chi connectivity index (χ4v) is 4.80. The normalized spacial score (nSPS) is 11.3. The summed E-state index contributed by atoms with van der Waals surface area (Å²) in [6.07, 6.45) is 1.72.